The van der Waals surface area contributed by atoms with Gasteiger partial charge >= 0.3 is 0 Å². The van der Waals surface area contributed by atoms with Gasteiger partial charge in [0.25, 0.3) is 5.91 Å². The number of hydrogen-bond donors (Lipinski definition) is 0. The molecular formula is C14H15N3O3S. The lowest BCUT2D eigenvalue weighted by molar-refractivity contribution is 0.0742. The van der Waals surface area contributed by atoms with Crippen molar-refractivity contribution in [3.8, 4) is 11.5 Å². The van der Waals surface area contributed by atoms with Crippen LogP contribution >= 0.6 is 11.3 Å². The van der Waals surface area contributed by atoms with Gasteiger partial charge in [0.15, 0.2) is 11.5 Å². The summed E-state index contributed by atoms with van der Waals surface area (Å²) in [4.78, 5) is 19.4. The van der Waals surface area contributed by atoms with Crippen molar-refractivity contribution in [1.29, 1.82) is 0 Å². The van der Waals surface area contributed by atoms with Crippen LogP contribution in [0, 0.1) is 0 Å². The Balaban J connectivity index is 1.61. The molecule has 2 aliphatic rings. The highest BCUT2D eigenvalue weighted by Gasteiger charge is 2.28. The average Bonchev–Trinajstić information content (AvgIpc) is 3.08. The highest BCUT2D eigenvalue weighted by Crippen LogP contribution is 2.40. The minimum Gasteiger partial charge on any atom is -0.485 e. The van der Waals surface area contributed by atoms with Crippen molar-refractivity contribution in [2.45, 2.75) is 19.5 Å². The first-order valence-corrected chi connectivity index (χ1v) is 7.86. The molecule has 4 rings (SSSR count). The second-order valence-electron chi connectivity index (χ2n) is 5.11. The van der Waals surface area contributed by atoms with Gasteiger partial charge in [-0.25, -0.2) is 4.98 Å². The third-order valence-electron chi connectivity index (χ3n) is 3.76. The number of carbonyl (C=O) groups is 1. The van der Waals surface area contributed by atoms with E-state index < -0.39 is 0 Å². The van der Waals surface area contributed by atoms with Gasteiger partial charge in [0.1, 0.15) is 18.1 Å². The fourth-order valence-electron chi connectivity index (χ4n) is 2.72. The van der Waals surface area contributed by atoms with Gasteiger partial charge in [0, 0.05) is 24.7 Å². The number of hydrogen-bond acceptors (Lipinski definition) is 5. The van der Waals surface area contributed by atoms with Gasteiger partial charge in [0.2, 0.25) is 0 Å². The van der Waals surface area contributed by atoms with Crippen LogP contribution in [0.15, 0.2) is 17.9 Å². The zero-order valence-corrected chi connectivity index (χ0v) is 12.3. The molecule has 0 aromatic carbocycles. The molecule has 0 radical (unpaired) electrons. The molecule has 0 saturated heterocycles. The number of ether oxygens (including phenoxy) is 2. The van der Waals surface area contributed by atoms with Gasteiger partial charge in [-0.1, -0.05) is 0 Å². The first kappa shape index (κ1) is 12.7. The number of amides is 1. The van der Waals surface area contributed by atoms with Gasteiger partial charge in [0.05, 0.1) is 18.6 Å². The third-order valence-corrected chi connectivity index (χ3v) is 4.69. The number of aromatic nitrogens is 2. The van der Waals surface area contributed by atoms with Crippen molar-refractivity contribution in [2.24, 2.45) is 0 Å². The Hall–Kier alpha value is -2.02. The summed E-state index contributed by atoms with van der Waals surface area (Å²) < 4.78 is 13.2. The van der Waals surface area contributed by atoms with Crippen LogP contribution in [-0.2, 0) is 13.1 Å². The number of fused-ring (bicyclic) bond motifs is 2. The summed E-state index contributed by atoms with van der Waals surface area (Å²) in [5, 5.41) is 1.85. The van der Waals surface area contributed by atoms with Crippen molar-refractivity contribution in [1.82, 2.24) is 14.5 Å². The van der Waals surface area contributed by atoms with Crippen molar-refractivity contribution < 1.29 is 14.3 Å². The number of imidazole rings is 1. The van der Waals surface area contributed by atoms with E-state index in [0.717, 1.165) is 25.2 Å². The standard InChI is InChI=1S/C14H15N3O3S/c18-14(13-12-11(8-21-13)19-4-5-20-12)16-2-1-3-17-9-15-6-10(17)7-16/h6,8-9H,1-5,7H2. The zero-order chi connectivity index (χ0) is 14.2. The molecule has 1 amide bonds. The number of aryl methyl sites for hydroxylation is 1. The Bertz CT molecular complexity index is 679. The summed E-state index contributed by atoms with van der Waals surface area (Å²) in [5.74, 6) is 1.31. The molecule has 0 unspecified atom stereocenters. The lowest BCUT2D eigenvalue weighted by Gasteiger charge is -2.21. The fraction of sp³-hybridized carbons (Fsp3) is 0.429. The van der Waals surface area contributed by atoms with E-state index in [2.05, 4.69) is 9.55 Å². The maximum Gasteiger partial charge on any atom is 0.268 e. The van der Waals surface area contributed by atoms with E-state index in [9.17, 15) is 4.79 Å². The zero-order valence-electron chi connectivity index (χ0n) is 11.4. The average molecular weight is 305 g/mol. The summed E-state index contributed by atoms with van der Waals surface area (Å²) in [6, 6.07) is 0. The summed E-state index contributed by atoms with van der Waals surface area (Å²) in [5.41, 5.74) is 1.07. The van der Waals surface area contributed by atoms with Gasteiger partial charge < -0.3 is 18.9 Å². The Kier molecular flexibility index (Phi) is 3.07. The van der Waals surface area contributed by atoms with E-state index in [4.69, 9.17) is 9.47 Å². The molecule has 6 nitrogen and oxygen atoms in total. The summed E-state index contributed by atoms with van der Waals surface area (Å²) in [6.07, 6.45) is 4.59. The summed E-state index contributed by atoms with van der Waals surface area (Å²) in [6.45, 7) is 3.28. The normalized spacial score (nSPS) is 17.2. The van der Waals surface area contributed by atoms with Gasteiger partial charge in [-0.3, -0.25) is 4.79 Å². The summed E-state index contributed by atoms with van der Waals surface area (Å²) in [7, 11) is 0. The minimum atomic E-state index is 0.0152. The largest absolute Gasteiger partial charge is 0.485 e. The van der Waals surface area contributed by atoms with Crippen LogP contribution in [0.2, 0.25) is 0 Å². The SMILES string of the molecule is O=C(c1scc2c1OCCO2)N1CCCn2cncc2C1. The van der Waals surface area contributed by atoms with E-state index in [1.807, 2.05) is 22.8 Å². The molecule has 110 valence electrons. The Morgan fingerprint density at radius 3 is 3.14 bits per heavy atom. The Labute approximate surface area is 125 Å². The van der Waals surface area contributed by atoms with E-state index in [-0.39, 0.29) is 5.91 Å². The van der Waals surface area contributed by atoms with E-state index in [0.29, 0.717) is 36.1 Å². The molecule has 7 heteroatoms. The molecule has 0 aliphatic carbocycles. The number of thiophene rings is 1. The van der Waals surface area contributed by atoms with Crippen LogP contribution in [0.1, 0.15) is 21.8 Å². The fourth-order valence-corrected chi connectivity index (χ4v) is 3.61. The van der Waals surface area contributed by atoms with Crippen LogP contribution in [0.3, 0.4) is 0 Å². The van der Waals surface area contributed by atoms with Crippen molar-refractivity contribution in [3.05, 3.63) is 28.5 Å². The molecule has 21 heavy (non-hydrogen) atoms. The van der Waals surface area contributed by atoms with Crippen LogP contribution < -0.4 is 9.47 Å². The topological polar surface area (TPSA) is 56.6 Å². The molecule has 0 spiro atoms. The number of nitrogens with zero attached hydrogens (tertiary/aromatic N) is 3. The van der Waals surface area contributed by atoms with Crippen molar-refractivity contribution >= 4 is 17.2 Å². The molecular weight excluding hydrogens is 290 g/mol. The highest BCUT2D eigenvalue weighted by atomic mass is 32.1. The van der Waals surface area contributed by atoms with E-state index in [1.54, 1.807) is 0 Å². The van der Waals surface area contributed by atoms with Gasteiger partial charge in [-0.2, -0.15) is 0 Å². The van der Waals surface area contributed by atoms with Crippen molar-refractivity contribution in [2.75, 3.05) is 19.8 Å². The third kappa shape index (κ3) is 2.17. The molecule has 0 atom stereocenters. The first-order chi connectivity index (χ1) is 10.3. The smallest absolute Gasteiger partial charge is 0.268 e. The number of rotatable bonds is 1. The Morgan fingerprint density at radius 1 is 1.29 bits per heavy atom. The molecule has 0 fully saturated rings. The second-order valence-corrected chi connectivity index (χ2v) is 5.99. The highest BCUT2D eigenvalue weighted by molar-refractivity contribution is 7.12. The molecule has 0 saturated carbocycles. The quantitative estimate of drug-likeness (QED) is 0.805. The Morgan fingerprint density at radius 2 is 2.19 bits per heavy atom. The predicted octanol–water partition coefficient (Wildman–Crippen LogP) is 1.76. The van der Waals surface area contributed by atoms with Crippen LogP contribution in [0.5, 0.6) is 11.5 Å². The predicted molar refractivity (Wildman–Crippen MR) is 76.9 cm³/mol. The van der Waals surface area contributed by atoms with E-state index in [1.165, 1.54) is 11.3 Å². The van der Waals surface area contributed by atoms with Gasteiger partial charge in [-0.15, -0.1) is 11.3 Å². The maximum atomic E-state index is 12.8. The maximum absolute atomic E-state index is 12.8. The monoisotopic (exact) mass is 305 g/mol. The molecule has 0 N–H and O–H groups in total. The van der Waals surface area contributed by atoms with Crippen LogP contribution in [-0.4, -0.2) is 40.1 Å². The molecule has 2 aliphatic heterocycles. The van der Waals surface area contributed by atoms with Crippen molar-refractivity contribution in [3.63, 3.8) is 0 Å². The lowest BCUT2D eigenvalue weighted by atomic mass is 10.3. The molecule has 2 aromatic heterocycles. The summed E-state index contributed by atoms with van der Waals surface area (Å²) >= 11 is 1.39. The molecule has 2 aromatic rings. The van der Waals surface area contributed by atoms with Gasteiger partial charge in [-0.05, 0) is 6.42 Å². The molecule has 0 bridgehead atoms. The number of carbonyl (C=O) groups excluding carboxylic acids is 1. The molecule has 4 heterocycles. The minimum absolute atomic E-state index is 0.0152. The van der Waals surface area contributed by atoms with E-state index >= 15 is 0 Å². The lowest BCUT2D eigenvalue weighted by Crippen LogP contribution is -2.30. The second kappa shape index (κ2) is 5.07. The van der Waals surface area contributed by atoms with Crippen LogP contribution in [0.25, 0.3) is 0 Å². The van der Waals surface area contributed by atoms with Crippen LogP contribution in [0.4, 0.5) is 0 Å². The first-order valence-electron chi connectivity index (χ1n) is 6.98.